The van der Waals surface area contributed by atoms with Crippen molar-refractivity contribution in [2.75, 3.05) is 13.1 Å². The van der Waals surface area contributed by atoms with E-state index in [-0.39, 0.29) is 17.6 Å². The molecule has 1 aliphatic heterocycles. The molecule has 0 bridgehead atoms. The zero-order valence-electron chi connectivity index (χ0n) is 11.8. The van der Waals surface area contributed by atoms with Gasteiger partial charge in [-0.3, -0.25) is 9.59 Å². The Bertz CT molecular complexity index is 479. The summed E-state index contributed by atoms with van der Waals surface area (Å²) in [6.45, 7) is 6.90. The van der Waals surface area contributed by atoms with Crippen LogP contribution in [0.15, 0.2) is 30.3 Å². The van der Waals surface area contributed by atoms with E-state index in [0.717, 1.165) is 5.56 Å². The third kappa shape index (κ3) is 2.70. The maximum atomic E-state index is 12.7. The fourth-order valence-corrected chi connectivity index (χ4v) is 2.57. The van der Waals surface area contributed by atoms with Crippen LogP contribution in [-0.2, 0) is 15.0 Å². The van der Waals surface area contributed by atoms with Gasteiger partial charge in [-0.1, -0.05) is 37.3 Å². The Morgan fingerprint density at radius 1 is 1.26 bits per heavy atom. The molecule has 1 aromatic carbocycles. The van der Waals surface area contributed by atoms with Gasteiger partial charge in [0.05, 0.1) is 5.41 Å². The van der Waals surface area contributed by atoms with Crippen LogP contribution in [0.3, 0.4) is 0 Å². The van der Waals surface area contributed by atoms with Crippen LogP contribution in [0, 0.1) is 5.92 Å². The first kappa shape index (κ1) is 13.8. The van der Waals surface area contributed by atoms with Gasteiger partial charge in [0.1, 0.15) is 5.78 Å². The van der Waals surface area contributed by atoms with Crippen molar-refractivity contribution in [3.05, 3.63) is 35.9 Å². The minimum atomic E-state index is -0.540. The second-order valence-electron chi connectivity index (χ2n) is 5.86. The first-order valence-electron chi connectivity index (χ1n) is 6.80. The number of rotatable bonds is 2. The average Bonchev–Trinajstić information content (AvgIpc) is 2.42. The van der Waals surface area contributed by atoms with E-state index in [2.05, 4.69) is 0 Å². The highest BCUT2D eigenvalue weighted by Crippen LogP contribution is 2.27. The van der Waals surface area contributed by atoms with Crippen LogP contribution in [-0.4, -0.2) is 29.7 Å². The Kier molecular flexibility index (Phi) is 3.74. The van der Waals surface area contributed by atoms with Crippen molar-refractivity contribution in [1.82, 2.24) is 4.90 Å². The number of piperidine rings is 1. The number of likely N-dealkylation sites (tertiary alicyclic amines) is 1. The normalized spacial score (nSPS) is 20.5. The molecule has 1 saturated heterocycles. The Morgan fingerprint density at radius 3 is 2.47 bits per heavy atom. The molecule has 0 aliphatic carbocycles. The summed E-state index contributed by atoms with van der Waals surface area (Å²) in [4.78, 5) is 26.1. The molecule has 0 saturated carbocycles. The third-order valence-corrected chi connectivity index (χ3v) is 3.99. The molecule has 3 heteroatoms. The van der Waals surface area contributed by atoms with Crippen molar-refractivity contribution < 1.29 is 9.59 Å². The molecule has 1 unspecified atom stereocenters. The van der Waals surface area contributed by atoms with Crippen LogP contribution in [0.1, 0.15) is 32.8 Å². The summed E-state index contributed by atoms with van der Waals surface area (Å²) in [5.41, 5.74) is 0.478. The number of amides is 1. The van der Waals surface area contributed by atoms with E-state index in [1.165, 1.54) is 0 Å². The van der Waals surface area contributed by atoms with Gasteiger partial charge < -0.3 is 4.90 Å². The summed E-state index contributed by atoms with van der Waals surface area (Å²) >= 11 is 0. The molecule has 1 atom stereocenters. The summed E-state index contributed by atoms with van der Waals surface area (Å²) in [7, 11) is 0. The minimum Gasteiger partial charge on any atom is -0.341 e. The Hall–Kier alpha value is -1.64. The van der Waals surface area contributed by atoms with Crippen molar-refractivity contribution in [1.29, 1.82) is 0 Å². The van der Waals surface area contributed by atoms with Gasteiger partial charge in [-0.25, -0.2) is 0 Å². The fourth-order valence-electron chi connectivity index (χ4n) is 2.57. The Balaban J connectivity index is 2.17. The molecule has 1 amide bonds. The zero-order valence-corrected chi connectivity index (χ0v) is 11.8. The lowest BCUT2D eigenvalue weighted by atomic mass is 9.82. The summed E-state index contributed by atoms with van der Waals surface area (Å²) in [5, 5.41) is 0. The number of benzene rings is 1. The molecule has 102 valence electrons. The van der Waals surface area contributed by atoms with Crippen LogP contribution < -0.4 is 0 Å². The second kappa shape index (κ2) is 5.16. The van der Waals surface area contributed by atoms with Gasteiger partial charge in [-0.15, -0.1) is 0 Å². The molecule has 0 N–H and O–H groups in total. The Morgan fingerprint density at radius 2 is 1.89 bits per heavy atom. The molecular weight excluding hydrogens is 238 g/mol. The largest absolute Gasteiger partial charge is 0.341 e. The number of carbonyl (C=O) groups excluding carboxylic acids is 2. The lowest BCUT2D eigenvalue weighted by Gasteiger charge is -2.36. The number of hydrogen-bond acceptors (Lipinski definition) is 2. The van der Waals surface area contributed by atoms with Crippen molar-refractivity contribution >= 4 is 11.7 Å². The van der Waals surface area contributed by atoms with Gasteiger partial charge in [0, 0.05) is 25.4 Å². The van der Waals surface area contributed by atoms with Gasteiger partial charge in [0.2, 0.25) is 5.91 Å². The topological polar surface area (TPSA) is 37.4 Å². The van der Waals surface area contributed by atoms with Crippen molar-refractivity contribution in [2.24, 2.45) is 5.92 Å². The summed E-state index contributed by atoms with van der Waals surface area (Å²) < 4.78 is 0. The first-order chi connectivity index (χ1) is 8.93. The molecule has 1 aromatic rings. The lowest BCUT2D eigenvalue weighted by Crippen LogP contribution is -2.49. The molecule has 19 heavy (non-hydrogen) atoms. The third-order valence-electron chi connectivity index (χ3n) is 3.99. The van der Waals surface area contributed by atoms with E-state index >= 15 is 0 Å². The van der Waals surface area contributed by atoms with E-state index < -0.39 is 5.41 Å². The maximum Gasteiger partial charge on any atom is 0.232 e. The van der Waals surface area contributed by atoms with Crippen LogP contribution in [0.25, 0.3) is 0 Å². The zero-order chi connectivity index (χ0) is 14.0. The van der Waals surface area contributed by atoms with E-state index in [9.17, 15) is 9.59 Å². The van der Waals surface area contributed by atoms with Crippen LogP contribution in [0.4, 0.5) is 0 Å². The van der Waals surface area contributed by atoms with Gasteiger partial charge >= 0.3 is 0 Å². The lowest BCUT2D eigenvalue weighted by molar-refractivity contribution is -0.140. The molecule has 0 radical (unpaired) electrons. The molecular formula is C16H21NO2. The van der Waals surface area contributed by atoms with Crippen LogP contribution in [0.2, 0.25) is 0 Å². The van der Waals surface area contributed by atoms with Crippen molar-refractivity contribution in [2.45, 2.75) is 32.6 Å². The van der Waals surface area contributed by atoms with E-state index in [4.69, 9.17) is 0 Å². The van der Waals surface area contributed by atoms with Crippen LogP contribution in [0.5, 0.6) is 0 Å². The predicted octanol–water partition coefficient (Wildman–Crippen LogP) is 2.40. The predicted molar refractivity (Wildman–Crippen MR) is 74.8 cm³/mol. The smallest absolute Gasteiger partial charge is 0.232 e. The van der Waals surface area contributed by atoms with Gasteiger partial charge in [-0.05, 0) is 19.4 Å². The first-order valence-corrected chi connectivity index (χ1v) is 6.80. The molecule has 0 spiro atoms. The summed E-state index contributed by atoms with van der Waals surface area (Å²) in [5.74, 6) is 0.337. The number of nitrogens with zero attached hydrogens (tertiary/aromatic N) is 1. The van der Waals surface area contributed by atoms with Gasteiger partial charge in [0.15, 0.2) is 0 Å². The van der Waals surface area contributed by atoms with E-state index in [1.54, 1.807) is 0 Å². The molecule has 1 fully saturated rings. The monoisotopic (exact) mass is 259 g/mol. The van der Waals surface area contributed by atoms with Crippen LogP contribution >= 0.6 is 0 Å². The van der Waals surface area contributed by atoms with Gasteiger partial charge in [-0.2, -0.15) is 0 Å². The highest BCUT2D eigenvalue weighted by Gasteiger charge is 2.36. The molecule has 0 aromatic heterocycles. The van der Waals surface area contributed by atoms with E-state index in [0.29, 0.717) is 19.5 Å². The SMILES string of the molecule is CC1CN(C(=O)C(C)(C)c2ccccc2)CCC1=O. The molecule has 1 aliphatic rings. The fraction of sp³-hybridized carbons (Fsp3) is 0.500. The average molecular weight is 259 g/mol. The number of ketones is 1. The molecule has 3 nitrogen and oxygen atoms in total. The number of carbonyl (C=O) groups is 2. The highest BCUT2D eigenvalue weighted by atomic mass is 16.2. The van der Waals surface area contributed by atoms with E-state index in [1.807, 2.05) is 56.0 Å². The van der Waals surface area contributed by atoms with Crippen molar-refractivity contribution in [3.63, 3.8) is 0 Å². The summed E-state index contributed by atoms with van der Waals surface area (Å²) in [6, 6.07) is 9.82. The molecule has 1 heterocycles. The number of Topliss-reactive ketones (excluding diaryl/α,β-unsaturated/α-hetero) is 1. The summed E-state index contributed by atoms with van der Waals surface area (Å²) in [6.07, 6.45) is 0.484. The minimum absolute atomic E-state index is 0.0377. The van der Waals surface area contributed by atoms with Crippen molar-refractivity contribution in [3.8, 4) is 0 Å². The standard InChI is InChI=1S/C16H21NO2/c1-12-11-17(10-9-14(12)18)15(19)16(2,3)13-7-5-4-6-8-13/h4-8,12H,9-11H2,1-3H3. The number of hydrogen-bond donors (Lipinski definition) is 0. The molecule has 2 rings (SSSR count). The quantitative estimate of drug-likeness (QED) is 0.818. The van der Waals surface area contributed by atoms with Gasteiger partial charge in [0.25, 0.3) is 0 Å². The second-order valence-corrected chi connectivity index (χ2v) is 5.86. The highest BCUT2D eigenvalue weighted by molar-refractivity contribution is 5.90. The maximum absolute atomic E-state index is 12.7. The Labute approximate surface area is 114 Å².